The fraction of sp³-hybridized carbons (Fsp3) is 0.684. The second-order valence-corrected chi connectivity index (χ2v) is 7.84. The van der Waals surface area contributed by atoms with Gasteiger partial charge in [-0.3, -0.25) is 9.59 Å². The minimum atomic E-state index is 0.0290. The highest BCUT2D eigenvalue weighted by molar-refractivity contribution is 5.93. The van der Waals surface area contributed by atoms with Crippen LogP contribution in [0.4, 0.5) is 0 Å². The van der Waals surface area contributed by atoms with E-state index in [1.165, 1.54) is 0 Å². The van der Waals surface area contributed by atoms with Gasteiger partial charge in [0.15, 0.2) is 0 Å². The summed E-state index contributed by atoms with van der Waals surface area (Å²) in [6, 6.07) is 0. The minimum Gasteiger partial charge on any atom is -0.342 e. The number of hydrogen-bond donors (Lipinski definition) is 0. The van der Waals surface area contributed by atoms with E-state index >= 15 is 0 Å². The Morgan fingerprint density at radius 1 is 1.24 bits per heavy atom. The second kappa shape index (κ2) is 6.39. The Kier molecular flexibility index (Phi) is 4.21. The van der Waals surface area contributed by atoms with E-state index in [4.69, 9.17) is 0 Å². The summed E-state index contributed by atoms with van der Waals surface area (Å²) in [4.78, 5) is 37.6. The molecular formula is C19H26N4O2. The molecule has 0 radical (unpaired) electrons. The Labute approximate surface area is 148 Å². The summed E-state index contributed by atoms with van der Waals surface area (Å²) in [5.74, 6) is 1.65. The normalized spacial score (nSPS) is 27.0. The summed E-state index contributed by atoms with van der Waals surface area (Å²) in [5, 5.41) is 0. The van der Waals surface area contributed by atoms with Crippen molar-refractivity contribution in [2.75, 3.05) is 26.2 Å². The van der Waals surface area contributed by atoms with Crippen molar-refractivity contribution < 1.29 is 9.59 Å². The maximum absolute atomic E-state index is 12.9. The van der Waals surface area contributed by atoms with E-state index in [9.17, 15) is 9.59 Å². The molecule has 1 atom stereocenters. The zero-order chi connectivity index (χ0) is 17.4. The first-order valence-electron chi connectivity index (χ1n) is 9.49. The van der Waals surface area contributed by atoms with E-state index in [2.05, 4.69) is 9.97 Å². The van der Waals surface area contributed by atoms with Crippen LogP contribution in [0.25, 0.3) is 0 Å². The molecule has 1 spiro atoms. The molecule has 2 amide bonds. The molecule has 2 aliphatic heterocycles. The third-order valence-electron chi connectivity index (χ3n) is 5.94. The van der Waals surface area contributed by atoms with Crippen LogP contribution in [0.3, 0.4) is 0 Å². The van der Waals surface area contributed by atoms with Gasteiger partial charge in [-0.05, 0) is 39.0 Å². The van der Waals surface area contributed by atoms with Crippen LogP contribution in [0.5, 0.6) is 0 Å². The summed E-state index contributed by atoms with van der Waals surface area (Å²) in [6.07, 6.45) is 9.29. The van der Waals surface area contributed by atoms with Crippen molar-refractivity contribution in [2.24, 2.45) is 5.41 Å². The molecule has 2 saturated heterocycles. The first-order chi connectivity index (χ1) is 12.1. The molecule has 0 aromatic carbocycles. The molecule has 1 aliphatic carbocycles. The van der Waals surface area contributed by atoms with Gasteiger partial charge < -0.3 is 9.80 Å². The first kappa shape index (κ1) is 16.5. The van der Waals surface area contributed by atoms with Crippen molar-refractivity contribution in [3.05, 3.63) is 23.8 Å². The molecule has 3 heterocycles. The average Bonchev–Trinajstić information content (AvgIpc) is 3.49. The van der Waals surface area contributed by atoms with E-state index < -0.39 is 0 Å². The summed E-state index contributed by atoms with van der Waals surface area (Å²) < 4.78 is 0. The highest BCUT2D eigenvalue weighted by atomic mass is 16.2. The van der Waals surface area contributed by atoms with Gasteiger partial charge in [0.05, 0.1) is 5.56 Å². The highest BCUT2D eigenvalue weighted by Crippen LogP contribution is 2.39. The maximum Gasteiger partial charge on any atom is 0.257 e. The van der Waals surface area contributed by atoms with Crippen molar-refractivity contribution in [3.63, 3.8) is 0 Å². The van der Waals surface area contributed by atoms with Gasteiger partial charge in [-0.1, -0.05) is 0 Å². The minimum absolute atomic E-state index is 0.0290. The summed E-state index contributed by atoms with van der Waals surface area (Å²) in [7, 11) is 0. The fourth-order valence-corrected chi connectivity index (χ4v) is 4.29. The largest absolute Gasteiger partial charge is 0.342 e. The molecule has 6 heteroatoms. The Morgan fingerprint density at radius 3 is 2.68 bits per heavy atom. The van der Waals surface area contributed by atoms with Crippen LogP contribution in [0, 0.1) is 5.41 Å². The standard InChI is InChI=1S/C19H26N4O2/c1-2-22-12-19(8-6-16(22)24)7-3-9-23(13-19)18(25)15-10-20-17(21-11-15)14-4-5-14/h10-11,14H,2-9,12-13H2,1H3/t19-/m1/s1. The van der Waals surface area contributed by atoms with E-state index in [0.717, 1.165) is 64.1 Å². The molecular weight excluding hydrogens is 316 g/mol. The molecule has 1 aromatic rings. The first-order valence-corrected chi connectivity index (χ1v) is 9.49. The molecule has 25 heavy (non-hydrogen) atoms. The zero-order valence-electron chi connectivity index (χ0n) is 14.9. The smallest absolute Gasteiger partial charge is 0.257 e. The number of aromatic nitrogens is 2. The predicted octanol–water partition coefficient (Wildman–Crippen LogP) is 2.22. The Hall–Kier alpha value is -1.98. The molecule has 3 fully saturated rings. The Morgan fingerprint density at radius 2 is 2.00 bits per heavy atom. The third-order valence-corrected chi connectivity index (χ3v) is 5.94. The van der Waals surface area contributed by atoms with E-state index in [1.807, 2.05) is 16.7 Å². The van der Waals surface area contributed by atoms with E-state index in [1.54, 1.807) is 12.4 Å². The van der Waals surface area contributed by atoms with Crippen molar-refractivity contribution >= 4 is 11.8 Å². The monoisotopic (exact) mass is 342 g/mol. The van der Waals surface area contributed by atoms with Crippen molar-refractivity contribution in [2.45, 2.75) is 51.4 Å². The lowest BCUT2D eigenvalue weighted by Crippen LogP contribution is -2.55. The number of likely N-dealkylation sites (tertiary alicyclic amines) is 2. The molecule has 1 aromatic heterocycles. The number of nitrogens with zero attached hydrogens (tertiary/aromatic N) is 4. The predicted molar refractivity (Wildman–Crippen MR) is 93.1 cm³/mol. The van der Waals surface area contributed by atoms with Crippen molar-refractivity contribution in [1.82, 2.24) is 19.8 Å². The summed E-state index contributed by atoms with van der Waals surface area (Å²) >= 11 is 0. The van der Waals surface area contributed by atoms with Gasteiger partial charge in [-0.2, -0.15) is 0 Å². The second-order valence-electron chi connectivity index (χ2n) is 7.84. The number of rotatable bonds is 3. The lowest BCUT2D eigenvalue weighted by Gasteiger charge is -2.48. The topological polar surface area (TPSA) is 66.4 Å². The van der Waals surface area contributed by atoms with Gasteiger partial charge >= 0.3 is 0 Å². The van der Waals surface area contributed by atoms with Crippen LogP contribution < -0.4 is 0 Å². The lowest BCUT2D eigenvalue weighted by atomic mass is 9.73. The molecule has 1 saturated carbocycles. The molecule has 134 valence electrons. The van der Waals surface area contributed by atoms with Crippen molar-refractivity contribution in [1.29, 1.82) is 0 Å². The molecule has 6 nitrogen and oxygen atoms in total. The summed E-state index contributed by atoms with van der Waals surface area (Å²) in [5.41, 5.74) is 0.646. The lowest BCUT2D eigenvalue weighted by molar-refractivity contribution is -0.138. The van der Waals surface area contributed by atoms with Gasteiger partial charge in [0.1, 0.15) is 5.82 Å². The zero-order valence-corrected chi connectivity index (χ0v) is 14.9. The molecule has 0 unspecified atom stereocenters. The van der Waals surface area contributed by atoms with Gasteiger partial charge in [-0.25, -0.2) is 9.97 Å². The van der Waals surface area contributed by atoms with Crippen LogP contribution in [0.15, 0.2) is 12.4 Å². The SMILES string of the molecule is CCN1C[C@@]2(CCCN(C(=O)c3cnc(C4CC4)nc3)C2)CCC1=O. The van der Waals surface area contributed by atoms with E-state index in [0.29, 0.717) is 17.9 Å². The average molecular weight is 342 g/mol. The number of piperidine rings is 2. The van der Waals surface area contributed by atoms with Gasteiger partial charge in [0.2, 0.25) is 5.91 Å². The van der Waals surface area contributed by atoms with Crippen LogP contribution in [-0.2, 0) is 4.79 Å². The molecule has 4 rings (SSSR count). The van der Waals surface area contributed by atoms with Crippen LogP contribution in [0.2, 0.25) is 0 Å². The van der Waals surface area contributed by atoms with Crippen molar-refractivity contribution in [3.8, 4) is 0 Å². The molecule has 3 aliphatic rings. The molecule has 0 bridgehead atoms. The summed E-state index contributed by atoms with van der Waals surface area (Å²) in [6.45, 7) is 5.08. The molecule has 0 N–H and O–H groups in total. The quantitative estimate of drug-likeness (QED) is 0.845. The number of carbonyl (C=O) groups excluding carboxylic acids is 2. The van der Waals surface area contributed by atoms with Crippen LogP contribution in [0.1, 0.15) is 67.5 Å². The third kappa shape index (κ3) is 3.26. The van der Waals surface area contributed by atoms with Gasteiger partial charge in [-0.15, -0.1) is 0 Å². The number of carbonyl (C=O) groups is 2. The maximum atomic E-state index is 12.9. The van der Waals surface area contributed by atoms with E-state index in [-0.39, 0.29) is 17.2 Å². The number of hydrogen-bond acceptors (Lipinski definition) is 4. The number of amides is 2. The highest BCUT2D eigenvalue weighted by Gasteiger charge is 2.42. The fourth-order valence-electron chi connectivity index (χ4n) is 4.29. The van der Waals surface area contributed by atoms with Gasteiger partial charge in [0.25, 0.3) is 5.91 Å². The Balaban J connectivity index is 1.46. The van der Waals surface area contributed by atoms with Crippen LogP contribution in [-0.4, -0.2) is 57.8 Å². The van der Waals surface area contributed by atoms with Gasteiger partial charge in [0, 0.05) is 56.3 Å². The van der Waals surface area contributed by atoms with Crippen LogP contribution >= 0.6 is 0 Å². The Bertz CT molecular complexity index is 671.